The van der Waals surface area contributed by atoms with Gasteiger partial charge >= 0.3 is 0 Å². The molecule has 3 aromatic carbocycles. The molecule has 0 radical (unpaired) electrons. The fourth-order valence-corrected chi connectivity index (χ4v) is 4.84. The first-order valence-electron chi connectivity index (χ1n) is 11.8. The third kappa shape index (κ3) is 5.95. The number of carbonyl (C=O) groups excluding carboxylic acids is 1. The van der Waals surface area contributed by atoms with Crippen molar-refractivity contribution in [2.45, 2.75) is 32.7 Å². The number of carbonyl (C=O) groups is 1. The number of unbranched alkanes of at least 4 members (excludes halogenated alkanes) is 1. The Bertz CT molecular complexity index is 1210. The number of methoxy groups -OCH3 is 1. The number of benzene rings is 3. The Kier molecular flexibility index (Phi) is 8.27. The lowest BCUT2D eigenvalue weighted by molar-refractivity contribution is -0.123. The van der Waals surface area contributed by atoms with Crippen molar-refractivity contribution in [2.75, 3.05) is 13.7 Å². The highest BCUT2D eigenvalue weighted by Gasteiger charge is 2.37. The van der Waals surface area contributed by atoms with Gasteiger partial charge in [-0.15, -0.1) is 0 Å². The highest BCUT2D eigenvalue weighted by Crippen LogP contribution is 2.40. The van der Waals surface area contributed by atoms with E-state index in [2.05, 4.69) is 6.92 Å². The third-order valence-electron chi connectivity index (χ3n) is 5.73. The summed E-state index contributed by atoms with van der Waals surface area (Å²) in [6.45, 7) is 4.80. The van der Waals surface area contributed by atoms with E-state index in [1.807, 2.05) is 91.9 Å². The summed E-state index contributed by atoms with van der Waals surface area (Å²) in [7, 11) is 1.63. The van der Waals surface area contributed by atoms with Crippen LogP contribution < -0.4 is 9.47 Å². The zero-order valence-electron chi connectivity index (χ0n) is 20.3. The molecule has 4 rings (SSSR count). The Morgan fingerprint density at radius 1 is 1.00 bits per heavy atom. The minimum Gasteiger partial charge on any atom is -0.493 e. The van der Waals surface area contributed by atoms with E-state index >= 15 is 0 Å². The number of amidine groups is 1. The van der Waals surface area contributed by atoms with Crippen molar-refractivity contribution in [1.29, 1.82) is 0 Å². The van der Waals surface area contributed by atoms with Gasteiger partial charge in [-0.3, -0.25) is 9.69 Å². The average molecular weight is 487 g/mol. The molecule has 0 N–H and O–H groups in total. The third-order valence-corrected chi connectivity index (χ3v) is 6.71. The lowest BCUT2D eigenvalue weighted by atomic mass is 10.1. The Labute approximate surface area is 211 Å². The topological polar surface area (TPSA) is 51.1 Å². The second kappa shape index (κ2) is 11.8. The molecular formula is C29H30N2O3S. The van der Waals surface area contributed by atoms with E-state index < -0.39 is 0 Å². The van der Waals surface area contributed by atoms with E-state index in [1.165, 1.54) is 11.8 Å². The highest BCUT2D eigenvalue weighted by atomic mass is 32.2. The van der Waals surface area contributed by atoms with Crippen molar-refractivity contribution >= 4 is 34.6 Å². The molecule has 0 aromatic heterocycles. The molecular weight excluding hydrogens is 456 g/mol. The van der Waals surface area contributed by atoms with Crippen LogP contribution in [-0.2, 0) is 4.79 Å². The van der Waals surface area contributed by atoms with Crippen LogP contribution >= 0.6 is 11.8 Å². The van der Waals surface area contributed by atoms with Gasteiger partial charge in [-0.2, -0.15) is 0 Å². The standard InChI is InChI=1S/C29H30N2O3S/c1-4-5-18-34-25-17-16-22(19-26(25)33-3)20-27-28(32)31(21(2)23-12-8-6-9-13-23)29(35-27)30-24-14-10-7-11-15-24/h6-17,19-21H,4-5,18H2,1-3H3/b27-20+,30-29?/t21-/m0/s1. The van der Waals surface area contributed by atoms with Crippen LogP contribution in [0.5, 0.6) is 11.5 Å². The van der Waals surface area contributed by atoms with Crippen molar-refractivity contribution in [3.63, 3.8) is 0 Å². The summed E-state index contributed by atoms with van der Waals surface area (Å²) in [5.74, 6) is 1.29. The molecule has 6 heteroatoms. The summed E-state index contributed by atoms with van der Waals surface area (Å²) in [4.78, 5) is 20.8. The number of ether oxygens (including phenoxy) is 2. The summed E-state index contributed by atoms with van der Waals surface area (Å²) < 4.78 is 11.4. The second-order valence-electron chi connectivity index (χ2n) is 8.21. The van der Waals surface area contributed by atoms with E-state index in [-0.39, 0.29) is 11.9 Å². The molecule has 3 aromatic rings. The monoisotopic (exact) mass is 486 g/mol. The maximum Gasteiger partial charge on any atom is 0.267 e. The molecule has 0 aliphatic carbocycles. The molecule has 1 aliphatic rings. The quantitative estimate of drug-likeness (QED) is 0.236. The van der Waals surface area contributed by atoms with Crippen LogP contribution in [-0.4, -0.2) is 29.7 Å². The molecule has 1 saturated heterocycles. The molecule has 0 saturated carbocycles. The summed E-state index contributed by atoms with van der Waals surface area (Å²) in [5, 5.41) is 0.662. The van der Waals surface area contributed by atoms with E-state index in [4.69, 9.17) is 14.5 Å². The van der Waals surface area contributed by atoms with Crippen LogP contribution in [0, 0.1) is 0 Å². The summed E-state index contributed by atoms with van der Waals surface area (Å²) in [6, 6.07) is 25.3. The van der Waals surface area contributed by atoms with Gasteiger partial charge in [0.1, 0.15) is 0 Å². The first kappa shape index (κ1) is 24.6. The average Bonchev–Trinajstić information content (AvgIpc) is 3.19. The summed E-state index contributed by atoms with van der Waals surface area (Å²) >= 11 is 1.39. The van der Waals surface area contributed by atoms with Gasteiger partial charge in [0.25, 0.3) is 5.91 Å². The number of nitrogens with zero attached hydrogens (tertiary/aromatic N) is 2. The van der Waals surface area contributed by atoms with E-state index in [1.54, 1.807) is 12.0 Å². The van der Waals surface area contributed by atoms with Crippen molar-refractivity contribution in [1.82, 2.24) is 4.90 Å². The van der Waals surface area contributed by atoms with Crippen molar-refractivity contribution in [2.24, 2.45) is 4.99 Å². The predicted molar refractivity (Wildman–Crippen MR) is 144 cm³/mol. The van der Waals surface area contributed by atoms with Gasteiger partial charge in [0.15, 0.2) is 16.7 Å². The summed E-state index contributed by atoms with van der Waals surface area (Å²) in [6.07, 6.45) is 3.94. The second-order valence-corrected chi connectivity index (χ2v) is 9.22. The molecule has 180 valence electrons. The van der Waals surface area contributed by atoms with Crippen molar-refractivity contribution in [3.8, 4) is 11.5 Å². The van der Waals surface area contributed by atoms with Gasteiger partial charge < -0.3 is 9.47 Å². The van der Waals surface area contributed by atoms with E-state index in [0.29, 0.717) is 28.2 Å². The molecule has 1 fully saturated rings. The van der Waals surface area contributed by atoms with Gasteiger partial charge in [-0.1, -0.05) is 67.9 Å². The lowest BCUT2D eigenvalue weighted by Crippen LogP contribution is -2.32. The Hall–Kier alpha value is -3.51. The number of thioether (sulfide) groups is 1. The maximum atomic E-state index is 13.6. The van der Waals surface area contributed by atoms with Crippen LogP contribution in [0.3, 0.4) is 0 Å². The number of rotatable bonds is 9. The smallest absolute Gasteiger partial charge is 0.267 e. The van der Waals surface area contributed by atoms with Crippen molar-refractivity contribution in [3.05, 3.63) is 94.9 Å². The minimum atomic E-state index is -0.159. The molecule has 0 bridgehead atoms. The van der Waals surface area contributed by atoms with E-state index in [0.717, 1.165) is 29.7 Å². The van der Waals surface area contributed by atoms with Crippen LogP contribution in [0.1, 0.15) is 43.9 Å². The van der Waals surface area contributed by atoms with E-state index in [9.17, 15) is 4.79 Å². The molecule has 5 nitrogen and oxygen atoms in total. The molecule has 1 atom stereocenters. The van der Waals surface area contributed by atoms with Crippen LogP contribution in [0.25, 0.3) is 6.08 Å². The van der Waals surface area contributed by atoms with Crippen LogP contribution in [0.4, 0.5) is 5.69 Å². The molecule has 0 unspecified atom stereocenters. The fourth-order valence-electron chi connectivity index (χ4n) is 3.77. The Morgan fingerprint density at radius 2 is 1.71 bits per heavy atom. The van der Waals surface area contributed by atoms with Gasteiger partial charge in [0, 0.05) is 0 Å². The summed E-state index contributed by atoms with van der Waals surface area (Å²) in [5.41, 5.74) is 2.73. The predicted octanol–water partition coefficient (Wildman–Crippen LogP) is 7.24. The SMILES string of the molecule is CCCCOc1ccc(/C=C2/SC(=Nc3ccccc3)N([C@@H](C)c3ccccc3)C2=O)cc1OC. The first-order valence-corrected chi connectivity index (χ1v) is 12.6. The van der Waals surface area contributed by atoms with Gasteiger partial charge in [0.05, 0.1) is 30.4 Å². The van der Waals surface area contributed by atoms with Crippen LogP contribution in [0.15, 0.2) is 88.8 Å². The fraction of sp³-hybridized carbons (Fsp3) is 0.241. The number of aliphatic imine (C=N–C) groups is 1. The number of hydrogen-bond donors (Lipinski definition) is 0. The number of amides is 1. The Morgan fingerprint density at radius 3 is 2.40 bits per heavy atom. The maximum absolute atomic E-state index is 13.6. The molecule has 0 spiro atoms. The Balaban J connectivity index is 1.67. The van der Waals surface area contributed by atoms with Crippen LogP contribution in [0.2, 0.25) is 0 Å². The van der Waals surface area contributed by atoms with Gasteiger partial charge in [0.2, 0.25) is 0 Å². The van der Waals surface area contributed by atoms with Gasteiger partial charge in [-0.05, 0) is 66.6 Å². The normalized spacial score (nSPS) is 16.7. The minimum absolute atomic E-state index is 0.0664. The largest absolute Gasteiger partial charge is 0.493 e. The first-order chi connectivity index (χ1) is 17.1. The number of hydrogen-bond acceptors (Lipinski definition) is 5. The molecule has 1 heterocycles. The van der Waals surface area contributed by atoms with Crippen molar-refractivity contribution < 1.29 is 14.3 Å². The molecule has 35 heavy (non-hydrogen) atoms. The molecule has 1 amide bonds. The zero-order valence-corrected chi connectivity index (χ0v) is 21.1. The van der Waals surface area contributed by atoms with Gasteiger partial charge in [-0.25, -0.2) is 4.99 Å². The highest BCUT2D eigenvalue weighted by molar-refractivity contribution is 8.18. The number of para-hydroxylation sites is 1. The lowest BCUT2D eigenvalue weighted by Gasteiger charge is -2.24. The zero-order chi connectivity index (χ0) is 24.6. The molecule has 1 aliphatic heterocycles.